The second-order valence-electron chi connectivity index (χ2n) is 4.47. The maximum absolute atomic E-state index is 13.8. The average molecular weight is 294 g/mol. The summed E-state index contributed by atoms with van der Waals surface area (Å²) in [5.74, 6) is 4.11. The Morgan fingerprint density at radius 3 is 2.48 bits per heavy atom. The topological polar surface area (TPSA) is 63.4 Å². The highest BCUT2D eigenvalue weighted by molar-refractivity contribution is 5.48. The third-order valence-electron chi connectivity index (χ3n) is 2.99. The molecule has 2 aromatic rings. The largest absolute Gasteiger partial charge is 0.497 e. The quantitative estimate of drug-likeness (QED) is 0.654. The fraction of sp³-hybridized carbons (Fsp3) is 0.214. The zero-order valence-electron chi connectivity index (χ0n) is 11.7. The number of hydrogen-bond donors (Lipinski definition) is 2. The number of aromatic nitrogens is 1. The summed E-state index contributed by atoms with van der Waals surface area (Å²) in [5, 5.41) is 0. The molecule has 0 unspecified atom stereocenters. The molecule has 0 spiro atoms. The van der Waals surface area contributed by atoms with Gasteiger partial charge < -0.3 is 15.1 Å². The molecule has 0 aliphatic heterocycles. The van der Waals surface area contributed by atoms with Crippen molar-refractivity contribution in [2.24, 2.45) is 5.84 Å². The van der Waals surface area contributed by atoms with Crippen LogP contribution < -0.4 is 20.9 Å². The first-order chi connectivity index (χ1) is 10.0. The zero-order chi connectivity index (χ0) is 15.4. The predicted octanol–water partition coefficient (Wildman–Crippen LogP) is 2.29. The van der Waals surface area contributed by atoms with Crippen molar-refractivity contribution in [1.29, 1.82) is 0 Å². The van der Waals surface area contributed by atoms with E-state index < -0.39 is 11.6 Å². The lowest BCUT2D eigenvalue weighted by molar-refractivity contribution is 0.414. The SMILES string of the molecule is COc1ccc(CN(C)c2nc(NN)c(F)cc2F)cc1. The van der Waals surface area contributed by atoms with E-state index in [0.29, 0.717) is 6.54 Å². The van der Waals surface area contributed by atoms with Crippen molar-refractivity contribution in [3.05, 3.63) is 47.5 Å². The second-order valence-corrected chi connectivity index (χ2v) is 4.47. The van der Waals surface area contributed by atoms with Gasteiger partial charge in [-0.25, -0.2) is 19.6 Å². The van der Waals surface area contributed by atoms with E-state index in [1.54, 1.807) is 19.1 Å². The van der Waals surface area contributed by atoms with Crippen LogP contribution in [0.3, 0.4) is 0 Å². The van der Waals surface area contributed by atoms with Crippen molar-refractivity contribution in [1.82, 2.24) is 4.98 Å². The minimum Gasteiger partial charge on any atom is -0.497 e. The van der Waals surface area contributed by atoms with E-state index in [-0.39, 0.29) is 11.6 Å². The van der Waals surface area contributed by atoms with Crippen LogP contribution in [0.1, 0.15) is 5.56 Å². The molecule has 2 rings (SSSR count). The fourth-order valence-corrected chi connectivity index (χ4v) is 1.91. The summed E-state index contributed by atoms with van der Waals surface area (Å²) < 4.78 is 32.2. The van der Waals surface area contributed by atoms with E-state index in [1.165, 1.54) is 0 Å². The van der Waals surface area contributed by atoms with Gasteiger partial charge in [0.2, 0.25) is 0 Å². The van der Waals surface area contributed by atoms with Crippen molar-refractivity contribution < 1.29 is 13.5 Å². The predicted molar refractivity (Wildman–Crippen MR) is 77.1 cm³/mol. The molecular weight excluding hydrogens is 278 g/mol. The normalized spacial score (nSPS) is 10.3. The Morgan fingerprint density at radius 2 is 1.90 bits per heavy atom. The number of nitrogens with zero attached hydrogens (tertiary/aromatic N) is 2. The number of pyridine rings is 1. The van der Waals surface area contributed by atoms with Crippen LogP contribution in [-0.2, 0) is 6.54 Å². The van der Waals surface area contributed by atoms with E-state index >= 15 is 0 Å². The molecule has 0 aliphatic carbocycles. The molecule has 0 saturated heterocycles. The third kappa shape index (κ3) is 3.38. The van der Waals surface area contributed by atoms with Crippen molar-refractivity contribution in [3.63, 3.8) is 0 Å². The lowest BCUT2D eigenvalue weighted by atomic mass is 10.2. The summed E-state index contributed by atoms with van der Waals surface area (Å²) in [5.41, 5.74) is 3.04. The number of rotatable bonds is 5. The Labute approximate surface area is 121 Å². The Hall–Kier alpha value is -2.41. The fourth-order valence-electron chi connectivity index (χ4n) is 1.91. The van der Waals surface area contributed by atoms with Crippen LogP contribution in [-0.4, -0.2) is 19.1 Å². The number of benzene rings is 1. The van der Waals surface area contributed by atoms with Gasteiger partial charge >= 0.3 is 0 Å². The van der Waals surface area contributed by atoms with Crippen LogP contribution in [0.25, 0.3) is 0 Å². The lowest BCUT2D eigenvalue weighted by Gasteiger charge is -2.20. The van der Waals surface area contributed by atoms with Gasteiger partial charge in [0.1, 0.15) is 5.75 Å². The highest BCUT2D eigenvalue weighted by Crippen LogP contribution is 2.22. The molecular formula is C14H16F2N4O. The molecule has 112 valence electrons. The van der Waals surface area contributed by atoms with Crippen LogP contribution in [0, 0.1) is 11.6 Å². The molecule has 0 atom stereocenters. The van der Waals surface area contributed by atoms with Crippen molar-refractivity contribution in [2.45, 2.75) is 6.54 Å². The maximum Gasteiger partial charge on any atom is 0.178 e. The Bertz CT molecular complexity index is 619. The molecule has 0 saturated carbocycles. The molecule has 0 fully saturated rings. The highest BCUT2D eigenvalue weighted by Gasteiger charge is 2.15. The van der Waals surface area contributed by atoms with E-state index in [9.17, 15) is 8.78 Å². The minimum absolute atomic E-state index is 0.0140. The molecule has 21 heavy (non-hydrogen) atoms. The van der Waals surface area contributed by atoms with Gasteiger partial charge in [-0.3, -0.25) is 0 Å². The first-order valence-corrected chi connectivity index (χ1v) is 6.22. The van der Waals surface area contributed by atoms with Gasteiger partial charge in [-0.15, -0.1) is 0 Å². The van der Waals surface area contributed by atoms with Crippen LogP contribution in [0.4, 0.5) is 20.4 Å². The number of halogens is 2. The van der Waals surface area contributed by atoms with Crippen LogP contribution >= 0.6 is 0 Å². The summed E-state index contributed by atoms with van der Waals surface area (Å²) in [7, 11) is 3.24. The van der Waals surface area contributed by atoms with Gasteiger partial charge in [0.25, 0.3) is 0 Å². The number of nitrogens with two attached hydrogens (primary N) is 1. The summed E-state index contributed by atoms with van der Waals surface area (Å²) in [4.78, 5) is 5.40. The standard InChI is InChI=1S/C14H16F2N4O/c1-20(8-9-3-5-10(21-2)6-4-9)14-12(16)7-11(15)13(18-14)19-17/h3-7H,8,17H2,1-2H3,(H,18,19). The van der Waals surface area contributed by atoms with Gasteiger partial charge in [0.05, 0.1) is 7.11 Å². The van der Waals surface area contributed by atoms with E-state index in [0.717, 1.165) is 17.4 Å². The number of hydrazine groups is 1. The Morgan fingerprint density at radius 1 is 1.24 bits per heavy atom. The molecule has 0 amide bonds. The van der Waals surface area contributed by atoms with Crippen molar-refractivity contribution >= 4 is 11.6 Å². The lowest BCUT2D eigenvalue weighted by Crippen LogP contribution is -2.21. The minimum atomic E-state index is -0.836. The zero-order valence-corrected chi connectivity index (χ0v) is 11.7. The molecule has 1 aromatic carbocycles. The van der Waals surface area contributed by atoms with Gasteiger partial charge in [-0.1, -0.05) is 12.1 Å². The first kappa shape index (κ1) is 15.0. The third-order valence-corrected chi connectivity index (χ3v) is 2.99. The molecule has 1 aromatic heterocycles. The van der Waals surface area contributed by atoms with Gasteiger partial charge in [0, 0.05) is 19.7 Å². The molecule has 3 N–H and O–H groups in total. The summed E-state index contributed by atoms with van der Waals surface area (Å²) in [6, 6.07) is 8.09. The molecule has 0 aliphatic rings. The van der Waals surface area contributed by atoms with Gasteiger partial charge in [0.15, 0.2) is 23.3 Å². The molecule has 5 nitrogen and oxygen atoms in total. The monoisotopic (exact) mass is 294 g/mol. The van der Waals surface area contributed by atoms with Gasteiger partial charge in [-0.2, -0.15) is 0 Å². The Kier molecular flexibility index (Phi) is 4.54. The summed E-state index contributed by atoms with van der Waals surface area (Å²) in [6.45, 7) is 0.406. The van der Waals surface area contributed by atoms with Crippen molar-refractivity contribution in [3.8, 4) is 5.75 Å². The molecule has 0 radical (unpaired) electrons. The van der Waals surface area contributed by atoms with Crippen LogP contribution in [0.15, 0.2) is 30.3 Å². The van der Waals surface area contributed by atoms with E-state index in [4.69, 9.17) is 10.6 Å². The number of ether oxygens (including phenoxy) is 1. The van der Waals surface area contributed by atoms with Gasteiger partial charge in [-0.05, 0) is 17.7 Å². The molecule has 0 bridgehead atoms. The first-order valence-electron chi connectivity index (χ1n) is 6.22. The number of nitrogens with one attached hydrogen (secondary N) is 1. The number of anilines is 2. The van der Waals surface area contributed by atoms with Crippen LogP contribution in [0.5, 0.6) is 5.75 Å². The van der Waals surface area contributed by atoms with Crippen LogP contribution in [0.2, 0.25) is 0 Å². The van der Waals surface area contributed by atoms with E-state index in [2.05, 4.69) is 10.4 Å². The number of hydrogen-bond acceptors (Lipinski definition) is 5. The number of nitrogen functional groups attached to an aromatic ring is 1. The highest BCUT2D eigenvalue weighted by atomic mass is 19.1. The number of methoxy groups -OCH3 is 1. The molecule has 1 heterocycles. The maximum atomic E-state index is 13.8. The molecule has 7 heteroatoms. The van der Waals surface area contributed by atoms with E-state index in [1.807, 2.05) is 24.3 Å². The summed E-state index contributed by atoms with van der Waals surface area (Å²) >= 11 is 0. The van der Waals surface area contributed by atoms with Crippen molar-refractivity contribution in [2.75, 3.05) is 24.5 Å². The second kappa shape index (κ2) is 6.36. The Balaban J connectivity index is 2.21. The average Bonchev–Trinajstić information content (AvgIpc) is 2.48. The smallest absolute Gasteiger partial charge is 0.178 e. The summed E-state index contributed by atoms with van der Waals surface area (Å²) in [6.07, 6.45) is 0.